The lowest BCUT2D eigenvalue weighted by Gasteiger charge is -2.35. The summed E-state index contributed by atoms with van der Waals surface area (Å²) in [5.41, 5.74) is 0.838. The Morgan fingerprint density at radius 2 is 1.52 bits per heavy atom. The second kappa shape index (κ2) is 7.57. The van der Waals surface area contributed by atoms with Crippen molar-refractivity contribution in [2.45, 2.75) is 11.3 Å². The summed E-state index contributed by atoms with van der Waals surface area (Å²) in [7, 11) is -3.80. The molecule has 1 aliphatic rings. The second-order valence-electron chi connectivity index (χ2n) is 5.86. The molecule has 0 bridgehead atoms. The van der Waals surface area contributed by atoms with Gasteiger partial charge >= 0.3 is 6.36 Å². The van der Waals surface area contributed by atoms with Gasteiger partial charge in [0.1, 0.15) is 5.75 Å². The van der Waals surface area contributed by atoms with E-state index in [1.165, 1.54) is 4.31 Å². The van der Waals surface area contributed by atoms with Crippen molar-refractivity contribution in [1.29, 1.82) is 0 Å². The summed E-state index contributed by atoms with van der Waals surface area (Å²) in [5, 5.41) is 0.592. The number of para-hydroxylation sites is 1. The van der Waals surface area contributed by atoms with Gasteiger partial charge in [0.15, 0.2) is 0 Å². The Labute approximate surface area is 160 Å². The van der Waals surface area contributed by atoms with Gasteiger partial charge in [-0.05, 0) is 36.4 Å². The molecule has 3 rings (SSSR count). The summed E-state index contributed by atoms with van der Waals surface area (Å²) in [6.07, 6.45) is -4.82. The zero-order chi connectivity index (χ0) is 19.7. The van der Waals surface area contributed by atoms with Gasteiger partial charge in [-0.3, -0.25) is 0 Å². The standard InChI is InChI=1S/C17H16ClF3N2O3S/c18-15-3-1-2-4-16(15)22-9-11-23(12-10-22)27(24,25)14-7-5-13(6-8-14)26-17(19,20)21/h1-8H,9-12H2. The molecule has 5 nitrogen and oxygen atoms in total. The number of hydrogen-bond acceptors (Lipinski definition) is 4. The molecule has 0 amide bonds. The summed E-state index contributed by atoms with van der Waals surface area (Å²) in [5.74, 6) is -0.468. The quantitative estimate of drug-likeness (QED) is 0.756. The molecule has 0 radical (unpaired) electrons. The summed E-state index contributed by atoms with van der Waals surface area (Å²) in [6, 6.07) is 11.5. The Kier molecular flexibility index (Phi) is 5.55. The Morgan fingerprint density at radius 1 is 0.926 bits per heavy atom. The maximum atomic E-state index is 12.7. The fourth-order valence-electron chi connectivity index (χ4n) is 2.84. The van der Waals surface area contributed by atoms with Crippen LogP contribution in [0, 0.1) is 0 Å². The Hall–Kier alpha value is -1.97. The molecule has 1 fully saturated rings. The number of nitrogens with zero attached hydrogens (tertiary/aromatic N) is 2. The average Bonchev–Trinajstić information content (AvgIpc) is 2.61. The second-order valence-corrected chi connectivity index (χ2v) is 8.21. The van der Waals surface area contributed by atoms with Crippen LogP contribution in [0.15, 0.2) is 53.4 Å². The predicted molar refractivity (Wildman–Crippen MR) is 95.5 cm³/mol. The Balaban J connectivity index is 1.69. The molecule has 0 spiro atoms. The number of halogens is 4. The van der Waals surface area contributed by atoms with Gasteiger partial charge in [0.05, 0.1) is 15.6 Å². The third-order valence-corrected chi connectivity index (χ3v) is 6.36. The van der Waals surface area contributed by atoms with E-state index in [1.807, 2.05) is 23.1 Å². The lowest BCUT2D eigenvalue weighted by Crippen LogP contribution is -2.48. The first-order valence-corrected chi connectivity index (χ1v) is 9.84. The minimum Gasteiger partial charge on any atom is -0.406 e. The van der Waals surface area contributed by atoms with E-state index >= 15 is 0 Å². The number of sulfonamides is 1. The number of hydrogen-bond donors (Lipinski definition) is 0. The number of rotatable bonds is 4. The lowest BCUT2D eigenvalue weighted by atomic mass is 10.2. The zero-order valence-electron chi connectivity index (χ0n) is 14.0. The fraction of sp³-hybridized carbons (Fsp3) is 0.294. The molecule has 146 valence electrons. The molecule has 0 atom stereocenters. The topological polar surface area (TPSA) is 49.9 Å². The highest BCUT2D eigenvalue weighted by atomic mass is 35.5. The minimum atomic E-state index is -4.82. The van der Waals surface area contributed by atoms with Gasteiger partial charge in [-0.15, -0.1) is 13.2 Å². The molecule has 1 saturated heterocycles. The van der Waals surface area contributed by atoms with Crippen LogP contribution in [-0.2, 0) is 10.0 Å². The maximum Gasteiger partial charge on any atom is 0.573 e. The molecule has 27 heavy (non-hydrogen) atoms. The zero-order valence-corrected chi connectivity index (χ0v) is 15.6. The predicted octanol–water partition coefficient (Wildman–Crippen LogP) is 3.75. The first-order chi connectivity index (χ1) is 12.7. The monoisotopic (exact) mass is 420 g/mol. The van der Waals surface area contributed by atoms with Crippen LogP contribution in [0.25, 0.3) is 0 Å². The van der Waals surface area contributed by atoms with Crippen LogP contribution in [0.5, 0.6) is 5.75 Å². The minimum absolute atomic E-state index is 0.0804. The SMILES string of the molecule is O=S(=O)(c1ccc(OC(F)(F)F)cc1)N1CCN(c2ccccc2Cl)CC1. The number of alkyl halides is 3. The summed E-state index contributed by atoms with van der Waals surface area (Å²) < 4.78 is 67.1. The average molecular weight is 421 g/mol. The van der Waals surface area contributed by atoms with E-state index < -0.39 is 22.1 Å². The molecule has 2 aromatic carbocycles. The number of anilines is 1. The molecule has 10 heteroatoms. The van der Waals surface area contributed by atoms with E-state index in [1.54, 1.807) is 6.07 Å². The molecule has 1 aliphatic heterocycles. The number of benzene rings is 2. The Bertz CT molecular complexity index is 896. The van der Waals surface area contributed by atoms with Gasteiger partial charge in [-0.2, -0.15) is 4.31 Å². The molecule has 2 aromatic rings. The van der Waals surface area contributed by atoms with E-state index in [0.717, 1.165) is 30.0 Å². The van der Waals surface area contributed by atoms with Gasteiger partial charge < -0.3 is 9.64 Å². The van der Waals surface area contributed by atoms with E-state index in [2.05, 4.69) is 4.74 Å². The van der Waals surface area contributed by atoms with Crippen LogP contribution in [0.3, 0.4) is 0 Å². The van der Waals surface area contributed by atoms with E-state index in [9.17, 15) is 21.6 Å². The molecule has 1 heterocycles. The molecule has 0 aliphatic carbocycles. The van der Waals surface area contributed by atoms with Crippen molar-refractivity contribution in [2.75, 3.05) is 31.1 Å². The lowest BCUT2D eigenvalue weighted by molar-refractivity contribution is -0.274. The highest BCUT2D eigenvalue weighted by molar-refractivity contribution is 7.89. The maximum absolute atomic E-state index is 12.7. The highest BCUT2D eigenvalue weighted by Gasteiger charge is 2.32. The van der Waals surface area contributed by atoms with Gasteiger partial charge in [-0.1, -0.05) is 23.7 Å². The first kappa shape index (κ1) is 19.8. The largest absolute Gasteiger partial charge is 0.573 e. The van der Waals surface area contributed by atoms with Crippen molar-refractivity contribution in [2.24, 2.45) is 0 Å². The number of piperazine rings is 1. The highest BCUT2D eigenvalue weighted by Crippen LogP contribution is 2.28. The van der Waals surface area contributed by atoms with Crippen molar-refractivity contribution in [3.05, 3.63) is 53.6 Å². The van der Waals surface area contributed by atoms with Crippen molar-refractivity contribution < 1.29 is 26.3 Å². The third kappa shape index (κ3) is 4.66. The molecule has 0 aromatic heterocycles. The summed E-state index contributed by atoms with van der Waals surface area (Å²) in [6.45, 7) is 1.40. The summed E-state index contributed by atoms with van der Waals surface area (Å²) in [4.78, 5) is 1.91. The van der Waals surface area contributed by atoms with E-state index in [-0.39, 0.29) is 18.0 Å². The van der Waals surface area contributed by atoms with Crippen molar-refractivity contribution in [3.8, 4) is 5.75 Å². The van der Waals surface area contributed by atoms with Crippen LogP contribution in [0.2, 0.25) is 5.02 Å². The van der Waals surface area contributed by atoms with E-state index in [0.29, 0.717) is 18.1 Å². The Morgan fingerprint density at radius 3 is 2.07 bits per heavy atom. The van der Waals surface area contributed by atoms with Gasteiger partial charge in [0.25, 0.3) is 0 Å². The van der Waals surface area contributed by atoms with Crippen LogP contribution < -0.4 is 9.64 Å². The normalized spacial score (nSPS) is 16.4. The van der Waals surface area contributed by atoms with Crippen LogP contribution in [0.1, 0.15) is 0 Å². The van der Waals surface area contributed by atoms with E-state index in [4.69, 9.17) is 11.6 Å². The van der Waals surface area contributed by atoms with Crippen LogP contribution >= 0.6 is 11.6 Å². The van der Waals surface area contributed by atoms with Gasteiger partial charge in [0, 0.05) is 26.2 Å². The third-order valence-electron chi connectivity index (χ3n) is 4.13. The van der Waals surface area contributed by atoms with Crippen molar-refractivity contribution in [1.82, 2.24) is 4.31 Å². The van der Waals surface area contributed by atoms with Crippen molar-refractivity contribution >= 4 is 27.3 Å². The van der Waals surface area contributed by atoms with Gasteiger partial charge in [0.2, 0.25) is 10.0 Å². The molecular formula is C17H16ClF3N2O3S. The smallest absolute Gasteiger partial charge is 0.406 e. The van der Waals surface area contributed by atoms with Crippen LogP contribution in [-0.4, -0.2) is 45.3 Å². The fourth-order valence-corrected chi connectivity index (χ4v) is 4.52. The number of ether oxygens (including phenoxy) is 1. The van der Waals surface area contributed by atoms with Gasteiger partial charge in [-0.25, -0.2) is 8.42 Å². The van der Waals surface area contributed by atoms with Crippen LogP contribution in [0.4, 0.5) is 18.9 Å². The van der Waals surface area contributed by atoms with Crippen molar-refractivity contribution in [3.63, 3.8) is 0 Å². The molecule has 0 saturated carbocycles. The molecular weight excluding hydrogens is 405 g/mol. The summed E-state index contributed by atoms with van der Waals surface area (Å²) >= 11 is 6.17. The first-order valence-electron chi connectivity index (χ1n) is 8.02. The molecule has 0 unspecified atom stereocenters. The molecule has 0 N–H and O–H groups in total.